The Bertz CT molecular complexity index is 550. The number of carboxylic acid groups (broad SMARTS) is 1. The topological polar surface area (TPSA) is 57.6 Å². The van der Waals surface area contributed by atoms with Gasteiger partial charge in [0.15, 0.2) is 0 Å². The van der Waals surface area contributed by atoms with Crippen LogP contribution in [0.3, 0.4) is 0 Å². The van der Waals surface area contributed by atoms with E-state index in [9.17, 15) is 14.7 Å². The molecular formula is C16H19NO3. The molecule has 0 spiro atoms. The van der Waals surface area contributed by atoms with Crippen molar-refractivity contribution in [2.45, 2.75) is 38.1 Å². The summed E-state index contributed by atoms with van der Waals surface area (Å²) in [6.07, 6.45) is 2.45. The lowest BCUT2D eigenvalue weighted by Crippen LogP contribution is -2.31. The van der Waals surface area contributed by atoms with E-state index in [0.717, 1.165) is 5.56 Å². The Morgan fingerprint density at radius 1 is 1.30 bits per heavy atom. The van der Waals surface area contributed by atoms with E-state index in [1.807, 2.05) is 25.1 Å². The first-order valence-electron chi connectivity index (χ1n) is 7.24. The minimum atomic E-state index is -0.870. The predicted octanol–water partition coefficient (Wildman–Crippen LogP) is 2.56. The number of nitrogens with zero attached hydrogens (tertiary/aromatic N) is 1. The summed E-state index contributed by atoms with van der Waals surface area (Å²) in [5.41, 5.74) is 2.27. The molecule has 1 amide bonds. The SMILES string of the molecule is CCN1C(=O)CC(C(=O)O)C1c1ccccc1C1CC1. The summed E-state index contributed by atoms with van der Waals surface area (Å²) >= 11 is 0. The van der Waals surface area contributed by atoms with Crippen LogP contribution in [0.2, 0.25) is 0 Å². The minimum Gasteiger partial charge on any atom is -0.481 e. The molecule has 2 unspecified atom stereocenters. The molecule has 0 radical (unpaired) electrons. The van der Waals surface area contributed by atoms with Crippen LogP contribution in [0.1, 0.15) is 49.3 Å². The average Bonchev–Trinajstić information content (AvgIpc) is 3.22. The van der Waals surface area contributed by atoms with E-state index >= 15 is 0 Å². The van der Waals surface area contributed by atoms with Crippen LogP contribution in [-0.4, -0.2) is 28.4 Å². The van der Waals surface area contributed by atoms with Crippen molar-refractivity contribution in [3.8, 4) is 0 Å². The van der Waals surface area contributed by atoms with E-state index < -0.39 is 11.9 Å². The van der Waals surface area contributed by atoms with Crippen LogP contribution < -0.4 is 0 Å². The molecule has 1 saturated heterocycles. The van der Waals surface area contributed by atoms with E-state index in [4.69, 9.17) is 0 Å². The lowest BCUT2D eigenvalue weighted by molar-refractivity contribution is -0.142. The number of carboxylic acids is 1. The van der Waals surface area contributed by atoms with Gasteiger partial charge >= 0.3 is 5.97 Å². The largest absolute Gasteiger partial charge is 0.481 e. The van der Waals surface area contributed by atoms with E-state index in [2.05, 4.69) is 6.07 Å². The molecule has 4 nitrogen and oxygen atoms in total. The van der Waals surface area contributed by atoms with Crippen molar-refractivity contribution < 1.29 is 14.7 Å². The molecule has 0 bridgehead atoms. The van der Waals surface area contributed by atoms with Gasteiger partial charge in [0, 0.05) is 13.0 Å². The first kappa shape index (κ1) is 13.2. The molecule has 1 heterocycles. The molecule has 2 aliphatic rings. The Kier molecular flexibility index (Phi) is 3.24. The zero-order chi connectivity index (χ0) is 14.3. The fourth-order valence-corrected chi connectivity index (χ4v) is 3.32. The standard InChI is InChI=1S/C16H19NO3/c1-2-17-14(18)9-13(16(19)20)15(17)12-6-4-3-5-11(12)10-7-8-10/h3-6,10,13,15H,2,7-9H2,1H3,(H,19,20). The van der Waals surface area contributed by atoms with Crippen LogP contribution >= 0.6 is 0 Å². The molecular weight excluding hydrogens is 254 g/mol. The highest BCUT2D eigenvalue weighted by atomic mass is 16.4. The smallest absolute Gasteiger partial charge is 0.309 e. The van der Waals surface area contributed by atoms with Crippen molar-refractivity contribution >= 4 is 11.9 Å². The molecule has 1 aromatic rings. The van der Waals surface area contributed by atoms with Gasteiger partial charge in [-0.3, -0.25) is 9.59 Å². The Morgan fingerprint density at radius 3 is 2.50 bits per heavy atom. The van der Waals surface area contributed by atoms with E-state index in [1.165, 1.54) is 18.4 Å². The monoisotopic (exact) mass is 273 g/mol. The fourth-order valence-electron chi connectivity index (χ4n) is 3.32. The second-order valence-corrected chi connectivity index (χ2v) is 5.68. The molecule has 20 heavy (non-hydrogen) atoms. The average molecular weight is 273 g/mol. The zero-order valence-electron chi connectivity index (χ0n) is 11.6. The third-order valence-corrected chi connectivity index (χ3v) is 4.42. The molecule has 3 rings (SSSR count). The summed E-state index contributed by atoms with van der Waals surface area (Å²) in [4.78, 5) is 25.3. The summed E-state index contributed by atoms with van der Waals surface area (Å²) in [5, 5.41) is 9.44. The van der Waals surface area contributed by atoms with E-state index in [1.54, 1.807) is 4.90 Å². The number of carbonyl (C=O) groups is 2. The van der Waals surface area contributed by atoms with Gasteiger partial charge in [0.1, 0.15) is 0 Å². The minimum absolute atomic E-state index is 0.0458. The first-order valence-corrected chi connectivity index (χ1v) is 7.24. The normalized spacial score (nSPS) is 26.1. The number of rotatable bonds is 4. The quantitative estimate of drug-likeness (QED) is 0.917. The van der Waals surface area contributed by atoms with Crippen LogP contribution in [0.5, 0.6) is 0 Å². The lowest BCUT2D eigenvalue weighted by atomic mass is 9.89. The van der Waals surface area contributed by atoms with Crippen LogP contribution in [0.25, 0.3) is 0 Å². The molecule has 2 fully saturated rings. The van der Waals surface area contributed by atoms with Crippen molar-refractivity contribution in [1.29, 1.82) is 0 Å². The van der Waals surface area contributed by atoms with Crippen molar-refractivity contribution in [2.75, 3.05) is 6.54 Å². The third-order valence-electron chi connectivity index (χ3n) is 4.42. The van der Waals surface area contributed by atoms with E-state index in [-0.39, 0.29) is 18.4 Å². The van der Waals surface area contributed by atoms with Gasteiger partial charge in [0.05, 0.1) is 12.0 Å². The van der Waals surface area contributed by atoms with Crippen molar-refractivity contribution in [3.63, 3.8) is 0 Å². The Labute approximate surface area is 118 Å². The van der Waals surface area contributed by atoms with Gasteiger partial charge < -0.3 is 10.0 Å². The molecule has 1 aliphatic carbocycles. The van der Waals surface area contributed by atoms with Gasteiger partial charge in [-0.25, -0.2) is 0 Å². The Balaban J connectivity index is 2.04. The predicted molar refractivity (Wildman–Crippen MR) is 74.3 cm³/mol. The maximum atomic E-state index is 12.1. The summed E-state index contributed by atoms with van der Waals surface area (Å²) in [5.74, 6) is -0.988. The number of carbonyl (C=O) groups excluding carboxylic acids is 1. The van der Waals surface area contributed by atoms with Crippen LogP contribution in [0.15, 0.2) is 24.3 Å². The number of likely N-dealkylation sites (tertiary alicyclic amines) is 1. The third kappa shape index (κ3) is 2.09. The van der Waals surface area contributed by atoms with Gasteiger partial charge in [-0.15, -0.1) is 0 Å². The molecule has 1 aliphatic heterocycles. The second-order valence-electron chi connectivity index (χ2n) is 5.68. The van der Waals surface area contributed by atoms with Crippen molar-refractivity contribution in [1.82, 2.24) is 4.90 Å². The van der Waals surface area contributed by atoms with Gasteiger partial charge in [0.2, 0.25) is 5.91 Å². The summed E-state index contributed by atoms with van der Waals surface area (Å²) < 4.78 is 0. The molecule has 4 heteroatoms. The maximum Gasteiger partial charge on any atom is 0.309 e. The van der Waals surface area contributed by atoms with Gasteiger partial charge in [-0.05, 0) is 36.8 Å². The van der Waals surface area contributed by atoms with Gasteiger partial charge in [0.25, 0.3) is 0 Å². The summed E-state index contributed by atoms with van der Waals surface area (Å²) in [6.45, 7) is 2.47. The number of benzene rings is 1. The number of hydrogen-bond acceptors (Lipinski definition) is 2. The van der Waals surface area contributed by atoms with E-state index in [0.29, 0.717) is 12.5 Å². The van der Waals surface area contributed by atoms with Crippen LogP contribution in [0.4, 0.5) is 0 Å². The molecule has 2 atom stereocenters. The first-order chi connectivity index (χ1) is 9.63. The number of amides is 1. The highest BCUT2D eigenvalue weighted by Gasteiger charge is 2.45. The number of hydrogen-bond donors (Lipinski definition) is 1. The Morgan fingerprint density at radius 2 is 1.95 bits per heavy atom. The summed E-state index contributed by atoms with van der Waals surface area (Å²) in [6, 6.07) is 7.72. The summed E-state index contributed by atoms with van der Waals surface area (Å²) in [7, 11) is 0. The second kappa shape index (κ2) is 4.93. The molecule has 1 saturated carbocycles. The van der Waals surface area contributed by atoms with Crippen molar-refractivity contribution in [3.05, 3.63) is 35.4 Å². The molecule has 0 aromatic heterocycles. The molecule has 1 N–H and O–H groups in total. The van der Waals surface area contributed by atoms with Crippen LogP contribution in [0, 0.1) is 5.92 Å². The highest BCUT2D eigenvalue weighted by molar-refractivity contribution is 5.87. The zero-order valence-corrected chi connectivity index (χ0v) is 11.6. The van der Waals surface area contributed by atoms with Crippen LogP contribution in [-0.2, 0) is 9.59 Å². The van der Waals surface area contributed by atoms with Crippen molar-refractivity contribution in [2.24, 2.45) is 5.92 Å². The maximum absolute atomic E-state index is 12.1. The van der Waals surface area contributed by atoms with Gasteiger partial charge in [-0.2, -0.15) is 0 Å². The molecule has 106 valence electrons. The Hall–Kier alpha value is -1.84. The van der Waals surface area contributed by atoms with Gasteiger partial charge in [-0.1, -0.05) is 24.3 Å². The lowest BCUT2D eigenvalue weighted by Gasteiger charge is -2.28. The highest BCUT2D eigenvalue weighted by Crippen LogP contribution is 2.47. The number of aliphatic carboxylic acids is 1. The fraction of sp³-hybridized carbons (Fsp3) is 0.500. The molecule has 1 aromatic carbocycles.